The van der Waals surface area contributed by atoms with Crippen LogP contribution in [0.25, 0.3) is 0 Å². The average Bonchev–Trinajstić information content (AvgIpc) is 3.90. The Morgan fingerprint density at radius 3 is 2.34 bits per heavy atom. The van der Waals surface area contributed by atoms with Crippen LogP contribution in [0.1, 0.15) is 152 Å². The number of likely N-dealkylation sites (tertiary alicyclic amines) is 1. The van der Waals surface area contributed by atoms with E-state index in [4.69, 9.17) is 24.5 Å². The molecular weight excluding hydrogens is 739 g/mol. The average molecular weight is 810 g/mol. The maximum absolute atomic E-state index is 14.9. The maximum atomic E-state index is 14.9. The molecule has 1 N–H and O–H groups in total. The van der Waals surface area contributed by atoms with Gasteiger partial charge in [0.15, 0.2) is 0 Å². The van der Waals surface area contributed by atoms with Gasteiger partial charge in [-0.05, 0) is 76.2 Å². The smallest absolute Gasteiger partial charge is 0.305 e. The number of amides is 2. The Kier molecular flexibility index (Phi) is 15.2. The van der Waals surface area contributed by atoms with Crippen LogP contribution in [-0.2, 0) is 23.9 Å². The second kappa shape index (κ2) is 20.1. The van der Waals surface area contributed by atoms with Crippen molar-refractivity contribution in [1.82, 2.24) is 10.2 Å². The monoisotopic (exact) mass is 810 g/mol. The second-order valence-corrected chi connectivity index (χ2v) is 17.7. The molecule has 2 fully saturated rings. The summed E-state index contributed by atoms with van der Waals surface area (Å²) in [6, 6.07) is -0.229. The van der Waals surface area contributed by atoms with Crippen LogP contribution in [0.15, 0.2) is 72.2 Å². The number of nitrogens with one attached hydrogen (secondary N) is 1. The number of ether oxygens (including phenoxy) is 2. The quantitative estimate of drug-likeness (QED) is 0.0788. The molecule has 0 radical (unpaired) electrons. The molecule has 0 saturated carbocycles. The van der Waals surface area contributed by atoms with E-state index in [1.165, 1.54) is 36.2 Å². The summed E-state index contributed by atoms with van der Waals surface area (Å²) in [4.78, 5) is 59.9. The number of piperidine rings is 1. The van der Waals surface area contributed by atoms with Crippen molar-refractivity contribution in [3.8, 4) is 0 Å². The molecule has 0 aromatic carbocycles. The van der Waals surface area contributed by atoms with Gasteiger partial charge < -0.3 is 14.8 Å². The number of imide groups is 1. The van der Waals surface area contributed by atoms with Crippen LogP contribution < -0.4 is 5.32 Å². The van der Waals surface area contributed by atoms with E-state index in [2.05, 4.69) is 65.9 Å². The lowest BCUT2D eigenvalue weighted by molar-refractivity contribution is -0.145. The third kappa shape index (κ3) is 9.38. The van der Waals surface area contributed by atoms with Crippen LogP contribution in [0.2, 0.25) is 0 Å². The number of esters is 1. The van der Waals surface area contributed by atoms with E-state index in [0.717, 1.165) is 84.6 Å². The van der Waals surface area contributed by atoms with Crippen molar-refractivity contribution in [2.45, 2.75) is 164 Å². The van der Waals surface area contributed by atoms with Gasteiger partial charge in [-0.2, -0.15) is 0 Å². The number of carbonyl (C=O) groups is 3. The Hall–Kier alpha value is -3.92. The molecule has 0 aromatic heterocycles. The summed E-state index contributed by atoms with van der Waals surface area (Å²) in [5.74, 6) is -1.28. The van der Waals surface area contributed by atoms with Gasteiger partial charge in [-0.25, -0.2) is 0 Å². The summed E-state index contributed by atoms with van der Waals surface area (Å²) in [6.45, 7) is 20.8. The fourth-order valence-electron chi connectivity index (χ4n) is 10.0. The highest BCUT2D eigenvalue weighted by Crippen LogP contribution is 2.45. The van der Waals surface area contributed by atoms with Crippen molar-refractivity contribution in [3.05, 3.63) is 57.2 Å². The highest BCUT2D eigenvalue weighted by atomic mass is 16.5. The molecule has 6 heterocycles. The van der Waals surface area contributed by atoms with Gasteiger partial charge in [0.25, 0.3) is 5.91 Å². The van der Waals surface area contributed by atoms with Crippen LogP contribution in [0, 0.1) is 29.6 Å². The first kappa shape index (κ1) is 44.6. The minimum atomic E-state index is -0.658. The predicted molar refractivity (Wildman–Crippen MR) is 237 cm³/mol. The van der Waals surface area contributed by atoms with Crippen LogP contribution in [0.4, 0.5) is 0 Å². The summed E-state index contributed by atoms with van der Waals surface area (Å²) >= 11 is 0. The van der Waals surface area contributed by atoms with E-state index < -0.39 is 5.92 Å². The molecule has 322 valence electrons. The van der Waals surface area contributed by atoms with Crippen molar-refractivity contribution in [1.29, 1.82) is 0 Å². The summed E-state index contributed by atoms with van der Waals surface area (Å²) in [5.41, 5.74) is 9.68. The minimum Gasteiger partial charge on any atom is -0.466 e. The van der Waals surface area contributed by atoms with Gasteiger partial charge >= 0.3 is 5.97 Å². The number of aliphatic imine (C=N–C) groups is 3. The molecule has 0 aromatic rings. The van der Waals surface area contributed by atoms with Crippen molar-refractivity contribution >= 4 is 34.9 Å². The SMILES string of the molecule is CCCCCCCO[C@@H](C)C1=C(C)C2C=C3NC(=C4C(=O)N(CCCCCC)C(=O)C5C4=NC(=C5C)C=C4N=C(CC1=N2)[C@H](C)[C@H]4CC)[C@@H](CCC(=O)OCCC)[C@@H]3C. The number of hydrogen-bond donors (Lipinski definition) is 1. The van der Waals surface area contributed by atoms with Crippen molar-refractivity contribution in [2.75, 3.05) is 19.8 Å². The molecule has 7 atom stereocenters. The third-order valence-corrected chi connectivity index (χ3v) is 13.6. The van der Waals surface area contributed by atoms with Gasteiger partial charge in [0.2, 0.25) is 5.91 Å². The van der Waals surface area contributed by atoms with E-state index >= 15 is 0 Å². The molecule has 10 heteroatoms. The molecule has 8 bridgehead atoms. The first-order valence-electron chi connectivity index (χ1n) is 23.2. The Labute approximate surface area is 353 Å². The van der Waals surface area contributed by atoms with Crippen molar-refractivity contribution in [3.63, 3.8) is 0 Å². The van der Waals surface area contributed by atoms with Crippen LogP contribution in [0.5, 0.6) is 0 Å². The van der Waals surface area contributed by atoms with Crippen LogP contribution in [-0.4, -0.2) is 71.7 Å². The zero-order chi connectivity index (χ0) is 42.4. The Morgan fingerprint density at radius 1 is 0.898 bits per heavy atom. The number of rotatable bonds is 19. The Morgan fingerprint density at radius 2 is 1.63 bits per heavy atom. The molecule has 6 aliphatic heterocycles. The first-order valence-corrected chi connectivity index (χ1v) is 23.2. The van der Waals surface area contributed by atoms with Gasteiger partial charge in [-0.15, -0.1) is 0 Å². The number of unbranched alkanes of at least 4 members (excludes halogenated alkanes) is 7. The van der Waals surface area contributed by atoms with Crippen LogP contribution in [0.3, 0.4) is 0 Å². The maximum Gasteiger partial charge on any atom is 0.305 e. The normalized spacial score (nSPS) is 26.9. The molecule has 2 amide bonds. The summed E-state index contributed by atoms with van der Waals surface area (Å²) in [6.07, 6.45) is 16.9. The number of carbonyl (C=O) groups excluding carboxylic acids is 3. The Balaban J connectivity index is 1.49. The van der Waals surface area contributed by atoms with Crippen LogP contribution >= 0.6 is 0 Å². The number of nitrogens with zero attached hydrogens (tertiary/aromatic N) is 4. The van der Waals surface area contributed by atoms with Gasteiger partial charge in [0.1, 0.15) is 5.92 Å². The summed E-state index contributed by atoms with van der Waals surface area (Å²) in [7, 11) is 0. The fraction of sp³-hybridized carbons (Fsp3) is 0.673. The van der Waals surface area contributed by atoms with E-state index in [1.54, 1.807) is 0 Å². The third-order valence-electron chi connectivity index (χ3n) is 13.6. The molecule has 59 heavy (non-hydrogen) atoms. The van der Waals surface area contributed by atoms with E-state index in [9.17, 15) is 14.4 Å². The number of hydrogen-bond acceptors (Lipinski definition) is 9. The van der Waals surface area contributed by atoms with Gasteiger partial charge in [-0.1, -0.05) is 86.5 Å². The molecule has 2 unspecified atom stereocenters. The first-order chi connectivity index (χ1) is 28.4. The van der Waals surface area contributed by atoms with Crippen molar-refractivity contribution < 1.29 is 23.9 Å². The van der Waals surface area contributed by atoms with Gasteiger partial charge in [-0.3, -0.25) is 34.3 Å². The van der Waals surface area contributed by atoms with E-state index in [-0.39, 0.29) is 60.0 Å². The summed E-state index contributed by atoms with van der Waals surface area (Å²) < 4.78 is 12.1. The minimum absolute atomic E-state index is 0.0651. The fourth-order valence-corrected chi connectivity index (χ4v) is 10.0. The zero-order valence-corrected chi connectivity index (χ0v) is 37.5. The molecule has 6 rings (SSSR count). The second-order valence-electron chi connectivity index (χ2n) is 17.7. The topological polar surface area (TPSA) is 122 Å². The number of allylic oxidation sites excluding steroid dienone is 4. The van der Waals surface area contributed by atoms with E-state index in [0.29, 0.717) is 49.6 Å². The highest BCUT2D eigenvalue weighted by molar-refractivity contribution is 6.36. The van der Waals surface area contributed by atoms with E-state index in [1.807, 2.05) is 13.8 Å². The molecule has 2 saturated heterocycles. The number of fused-ring (bicyclic) bond motifs is 5. The zero-order valence-electron chi connectivity index (χ0n) is 37.5. The van der Waals surface area contributed by atoms with Gasteiger partial charge in [0, 0.05) is 83.8 Å². The lowest BCUT2D eigenvalue weighted by Gasteiger charge is -2.33. The molecular formula is C49H71N5O5. The Bertz CT molecular complexity index is 1890. The molecule has 6 aliphatic rings. The molecule has 0 aliphatic carbocycles. The van der Waals surface area contributed by atoms with Crippen molar-refractivity contribution in [2.24, 2.45) is 44.6 Å². The molecule has 10 nitrogen and oxygen atoms in total. The lowest BCUT2D eigenvalue weighted by atomic mass is 9.80. The summed E-state index contributed by atoms with van der Waals surface area (Å²) in [5, 5.41) is 3.76. The highest BCUT2D eigenvalue weighted by Gasteiger charge is 2.50. The molecule has 0 spiro atoms. The predicted octanol–water partition coefficient (Wildman–Crippen LogP) is 9.93. The van der Waals surface area contributed by atoms with Gasteiger partial charge in [0.05, 0.1) is 35.7 Å². The largest absolute Gasteiger partial charge is 0.466 e. The lowest BCUT2D eigenvalue weighted by Crippen LogP contribution is -2.51. The standard InChI is InChI=1S/C49H71N5O5/c1-10-14-16-18-20-25-58-33(9)43-31(7)38-26-37-30(6)35(21-22-42(55)59-24-12-3)46(52-37)45-47-44(48(56)54(49(45)57)23-19-17-15-11-2)32(8)39(53-47)27-40-34(13-4)29(5)36(50-40)28-41(43)51-38/h26-27,29-30,33-35,38,44,52H,10-25,28H2,1-9H3/t29-,30+,33+,34-,35+,38?,44?/m1/s1.